The quantitative estimate of drug-likeness (QED) is 0.923. The third-order valence-electron chi connectivity index (χ3n) is 3.72. The molecule has 1 aliphatic carbocycles. The Morgan fingerprint density at radius 2 is 2.05 bits per heavy atom. The summed E-state index contributed by atoms with van der Waals surface area (Å²) >= 11 is 0. The van der Waals surface area contributed by atoms with Gasteiger partial charge in [0.1, 0.15) is 0 Å². The summed E-state index contributed by atoms with van der Waals surface area (Å²) in [6, 6.07) is 4.76. The second kappa shape index (κ2) is 6.43. The van der Waals surface area contributed by atoms with Crippen molar-refractivity contribution in [1.29, 1.82) is 0 Å². The van der Waals surface area contributed by atoms with E-state index in [9.17, 15) is 13.2 Å². The van der Waals surface area contributed by atoms with Gasteiger partial charge in [-0.15, -0.1) is 0 Å². The third kappa shape index (κ3) is 3.85. The van der Waals surface area contributed by atoms with Crippen molar-refractivity contribution in [2.45, 2.75) is 44.4 Å². The van der Waals surface area contributed by atoms with Gasteiger partial charge in [-0.05, 0) is 18.9 Å². The molecule has 112 valence electrons. The van der Waals surface area contributed by atoms with E-state index in [2.05, 4.69) is 10.3 Å². The van der Waals surface area contributed by atoms with Crippen LogP contribution < -0.4 is 10.1 Å². The zero-order chi connectivity index (χ0) is 14.6. The molecule has 0 amide bonds. The number of rotatable bonds is 4. The standard InChI is InChI=1S/C14H19F3N2O/c1-20-13-8-4-5-10(19-13)9-18-12-7-3-2-6-11(12)14(15,16)17/h4-5,8,11-12,18H,2-3,6-7,9H2,1H3. The van der Waals surface area contributed by atoms with Crippen LogP contribution in [0.5, 0.6) is 5.88 Å². The molecule has 0 spiro atoms. The van der Waals surface area contributed by atoms with Crippen LogP contribution in [0.25, 0.3) is 0 Å². The van der Waals surface area contributed by atoms with Crippen molar-refractivity contribution < 1.29 is 17.9 Å². The second-order valence-corrected chi connectivity index (χ2v) is 5.09. The van der Waals surface area contributed by atoms with Gasteiger partial charge in [-0.3, -0.25) is 0 Å². The molecule has 3 nitrogen and oxygen atoms in total. The van der Waals surface area contributed by atoms with Gasteiger partial charge in [-0.2, -0.15) is 13.2 Å². The summed E-state index contributed by atoms with van der Waals surface area (Å²) in [5.41, 5.74) is 0.691. The maximum atomic E-state index is 13.0. The smallest absolute Gasteiger partial charge is 0.393 e. The molecule has 2 rings (SSSR count). The van der Waals surface area contributed by atoms with Crippen LogP contribution in [0.3, 0.4) is 0 Å². The van der Waals surface area contributed by atoms with Gasteiger partial charge in [-0.25, -0.2) is 4.98 Å². The molecule has 2 unspecified atom stereocenters. The molecule has 1 fully saturated rings. The number of nitrogens with zero attached hydrogens (tertiary/aromatic N) is 1. The highest BCUT2D eigenvalue weighted by Gasteiger charge is 2.45. The monoisotopic (exact) mass is 288 g/mol. The van der Waals surface area contributed by atoms with E-state index in [1.807, 2.05) is 0 Å². The minimum absolute atomic E-state index is 0.215. The average molecular weight is 288 g/mol. The molecular formula is C14H19F3N2O. The first-order valence-electron chi connectivity index (χ1n) is 6.80. The third-order valence-corrected chi connectivity index (χ3v) is 3.72. The predicted octanol–water partition coefficient (Wildman–Crippen LogP) is 3.30. The van der Waals surface area contributed by atoms with Crippen molar-refractivity contribution >= 4 is 0 Å². The van der Waals surface area contributed by atoms with E-state index in [4.69, 9.17) is 4.74 Å². The van der Waals surface area contributed by atoms with Crippen molar-refractivity contribution in [2.24, 2.45) is 5.92 Å². The topological polar surface area (TPSA) is 34.1 Å². The van der Waals surface area contributed by atoms with Gasteiger partial charge < -0.3 is 10.1 Å². The number of alkyl halides is 3. The molecular weight excluding hydrogens is 269 g/mol. The summed E-state index contributed by atoms with van der Waals surface area (Å²) in [7, 11) is 1.51. The van der Waals surface area contributed by atoms with E-state index >= 15 is 0 Å². The number of hydrogen-bond acceptors (Lipinski definition) is 3. The molecule has 2 atom stereocenters. The molecule has 0 saturated heterocycles. The Labute approximate surface area is 116 Å². The molecule has 20 heavy (non-hydrogen) atoms. The Balaban J connectivity index is 1.97. The molecule has 1 N–H and O–H groups in total. The number of nitrogens with one attached hydrogen (secondary N) is 1. The van der Waals surface area contributed by atoms with Crippen LogP contribution in [-0.2, 0) is 6.54 Å². The zero-order valence-corrected chi connectivity index (χ0v) is 11.4. The van der Waals surface area contributed by atoms with Crippen LogP contribution in [0.15, 0.2) is 18.2 Å². The SMILES string of the molecule is COc1cccc(CNC2CCCCC2C(F)(F)F)n1. The lowest BCUT2D eigenvalue weighted by Gasteiger charge is -2.33. The van der Waals surface area contributed by atoms with Gasteiger partial charge in [0.2, 0.25) is 5.88 Å². The minimum atomic E-state index is -4.13. The van der Waals surface area contributed by atoms with Crippen molar-refractivity contribution in [3.05, 3.63) is 23.9 Å². The predicted molar refractivity (Wildman–Crippen MR) is 69.4 cm³/mol. The van der Waals surface area contributed by atoms with E-state index in [1.54, 1.807) is 18.2 Å². The van der Waals surface area contributed by atoms with Gasteiger partial charge >= 0.3 is 6.18 Å². The summed E-state index contributed by atoms with van der Waals surface area (Å²) in [6.45, 7) is 0.328. The maximum Gasteiger partial charge on any atom is 0.393 e. The maximum absolute atomic E-state index is 13.0. The summed E-state index contributed by atoms with van der Waals surface area (Å²) in [4.78, 5) is 4.20. The summed E-state index contributed by atoms with van der Waals surface area (Å²) < 4.78 is 43.9. The van der Waals surface area contributed by atoms with Crippen molar-refractivity contribution in [3.8, 4) is 5.88 Å². The molecule has 1 saturated carbocycles. The van der Waals surface area contributed by atoms with E-state index in [-0.39, 0.29) is 6.42 Å². The van der Waals surface area contributed by atoms with Crippen LogP contribution >= 0.6 is 0 Å². The first-order chi connectivity index (χ1) is 9.50. The minimum Gasteiger partial charge on any atom is -0.481 e. The fraction of sp³-hybridized carbons (Fsp3) is 0.643. The Morgan fingerprint density at radius 3 is 2.75 bits per heavy atom. The van der Waals surface area contributed by atoms with Crippen LogP contribution in [0.4, 0.5) is 13.2 Å². The molecule has 1 aliphatic rings. The molecule has 6 heteroatoms. The van der Waals surface area contributed by atoms with Crippen molar-refractivity contribution in [1.82, 2.24) is 10.3 Å². The van der Waals surface area contributed by atoms with Gasteiger partial charge in [0.05, 0.1) is 18.7 Å². The molecule has 0 aliphatic heterocycles. The number of hydrogen-bond donors (Lipinski definition) is 1. The van der Waals surface area contributed by atoms with Gasteiger partial charge in [0.25, 0.3) is 0 Å². The molecule has 1 heterocycles. The molecule has 0 bridgehead atoms. The van der Waals surface area contributed by atoms with Gasteiger partial charge in [-0.1, -0.05) is 18.9 Å². The lowest BCUT2D eigenvalue weighted by Crippen LogP contribution is -2.45. The number of pyridine rings is 1. The highest BCUT2D eigenvalue weighted by molar-refractivity contribution is 5.15. The van der Waals surface area contributed by atoms with Crippen molar-refractivity contribution in [2.75, 3.05) is 7.11 Å². The normalized spacial score (nSPS) is 23.6. The van der Waals surface area contributed by atoms with E-state index in [0.717, 1.165) is 6.42 Å². The molecule has 1 aromatic rings. The number of aromatic nitrogens is 1. The average Bonchev–Trinajstić information content (AvgIpc) is 2.44. The highest BCUT2D eigenvalue weighted by Crippen LogP contribution is 2.37. The van der Waals surface area contributed by atoms with E-state index < -0.39 is 18.1 Å². The fourth-order valence-electron chi connectivity index (χ4n) is 2.67. The molecule has 0 radical (unpaired) electrons. The largest absolute Gasteiger partial charge is 0.481 e. The Kier molecular flexibility index (Phi) is 4.86. The molecule has 0 aromatic carbocycles. The number of ether oxygens (including phenoxy) is 1. The lowest BCUT2D eigenvalue weighted by atomic mass is 9.84. The van der Waals surface area contributed by atoms with E-state index in [0.29, 0.717) is 31.0 Å². The molecule has 1 aromatic heterocycles. The Hall–Kier alpha value is -1.30. The van der Waals surface area contributed by atoms with E-state index in [1.165, 1.54) is 7.11 Å². The number of halogens is 3. The second-order valence-electron chi connectivity index (χ2n) is 5.09. The number of methoxy groups -OCH3 is 1. The summed E-state index contributed by atoms with van der Waals surface area (Å²) in [6.07, 6.45) is -1.85. The Bertz CT molecular complexity index is 437. The van der Waals surface area contributed by atoms with Crippen LogP contribution in [-0.4, -0.2) is 24.3 Å². The fourth-order valence-corrected chi connectivity index (χ4v) is 2.67. The highest BCUT2D eigenvalue weighted by atomic mass is 19.4. The van der Waals surface area contributed by atoms with Crippen LogP contribution in [0.1, 0.15) is 31.4 Å². The van der Waals surface area contributed by atoms with Crippen molar-refractivity contribution in [3.63, 3.8) is 0 Å². The first kappa shape index (κ1) is 15.1. The van der Waals surface area contributed by atoms with Crippen LogP contribution in [0, 0.1) is 5.92 Å². The van der Waals surface area contributed by atoms with Gasteiger partial charge in [0, 0.05) is 18.7 Å². The van der Waals surface area contributed by atoms with Gasteiger partial charge in [0.15, 0.2) is 0 Å². The zero-order valence-electron chi connectivity index (χ0n) is 11.4. The first-order valence-corrected chi connectivity index (χ1v) is 6.80. The lowest BCUT2D eigenvalue weighted by molar-refractivity contribution is -0.189. The summed E-state index contributed by atoms with van der Waals surface area (Å²) in [5.74, 6) is -0.776. The van der Waals surface area contributed by atoms with Crippen LogP contribution in [0.2, 0.25) is 0 Å². The Morgan fingerprint density at radius 1 is 1.30 bits per heavy atom. The summed E-state index contributed by atoms with van der Waals surface area (Å²) in [5, 5.41) is 3.01.